The van der Waals surface area contributed by atoms with Crippen molar-refractivity contribution >= 4 is 0 Å². The minimum atomic E-state index is -0.711. The van der Waals surface area contributed by atoms with Crippen molar-refractivity contribution in [1.29, 1.82) is 0 Å². The molecule has 0 bridgehead atoms. The molecule has 130 valence electrons. The summed E-state index contributed by atoms with van der Waals surface area (Å²) in [4.78, 5) is 0. The molecular formula is C18H29NO4. The molecule has 1 saturated heterocycles. The van der Waals surface area contributed by atoms with Crippen LogP contribution < -0.4 is 14.8 Å². The Bertz CT molecular complexity index is 518. The highest BCUT2D eigenvalue weighted by molar-refractivity contribution is 5.42. The van der Waals surface area contributed by atoms with Gasteiger partial charge in [0.25, 0.3) is 0 Å². The van der Waals surface area contributed by atoms with Crippen LogP contribution >= 0.6 is 0 Å². The molecule has 1 aromatic rings. The summed E-state index contributed by atoms with van der Waals surface area (Å²) in [6, 6.07) is 5.90. The molecule has 0 aliphatic carbocycles. The van der Waals surface area contributed by atoms with E-state index in [4.69, 9.17) is 14.2 Å². The molecule has 5 heteroatoms. The molecule has 1 unspecified atom stereocenters. The van der Waals surface area contributed by atoms with E-state index in [1.54, 1.807) is 7.11 Å². The summed E-state index contributed by atoms with van der Waals surface area (Å²) >= 11 is 0. The highest BCUT2D eigenvalue weighted by Gasteiger charge is 2.38. The number of rotatable bonds is 7. The molecule has 0 spiro atoms. The molecule has 5 nitrogen and oxygen atoms in total. The Labute approximate surface area is 138 Å². The third kappa shape index (κ3) is 5.09. The van der Waals surface area contributed by atoms with E-state index in [9.17, 15) is 5.11 Å². The summed E-state index contributed by atoms with van der Waals surface area (Å²) in [7, 11) is 1.64. The summed E-state index contributed by atoms with van der Waals surface area (Å²) in [6.45, 7) is 8.42. The number of ether oxygens (including phenoxy) is 3. The Balaban J connectivity index is 1.92. The number of benzene rings is 1. The van der Waals surface area contributed by atoms with Gasteiger partial charge in [-0.2, -0.15) is 0 Å². The van der Waals surface area contributed by atoms with E-state index in [2.05, 4.69) is 5.32 Å². The van der Waals surface area contributed by atoms with Crippen molar-refractivity contribution in [3.05, 3.63) is 23.8 Å². The molecule has 1 atom stereocenters. The summed E-state index contributed by atoms with van der Waals surface area (Å²) in [5, 5.41) is 14.1. The van der Waals surface area contributed by atoms with E-state index in [1.807, 2.05) is 39.0 Å². The van der Waals surface area contributed by atoms with Gasteiger partial charge in [0.2, 0.25) is 0 Å². The van der Waals surface area contributed by atoms with Crippen molar-refractivity contribution < 1.29 is 19.3 Å². The smallest absolute Gasteiger partial charge is 0.161 e. The van der Waals surface area contributed by atoms with E-state index in [-0.39, 0.29) is 5.60 Å². The Morgan fingerprint density at radius 1 is 1.30 bits per heavy atom. The van der Waals surface area contributed by atoms with Gasteiger partial charge >= 0.3 is 0 Å². The number of nitrogens with one attached hydrogen (secondary N) is 1. The lowest BCUT2D eigenvalue weighted by atomic mass is 9.84. The van der Waals surface area contributed by atoms with Gasteiger partial charge in [-0.3, -0.25) is 0 Å². The second-order valence-electron chi connectivity index (χ2n) is 6.78. The molecule has 23 heavy (non-hydrogen) atoms. The predicted octanol–water partition coefficient (Wildman–Crippen LogP) is 2.50. The highest BCUT2D eigenvalue weighted by atomic mass is 16.5. The monoisotopic (exact) mass is 323 g/mol. The first kappa shape index (κ1) is 18.0. The van der Waals surface area contributed by atoms with E-state index in [1.165, 1.54) is 0 Å². The fraction of sp³-hybridized carbons (Fsp3) is 0.667. The first-order chi connectivity index (χ1) is 10.9. The fourth-order valence-corrected chi connectivity index (χ4v) is 3.14. The minimum absolute atomic E-state index is 0.267. The number of methoxy groups -OCH3 is 1. The van der Waals surface area contributed by atoms with Gasteiger partial charge in [-0.25, -0.2) is 0 Å². The van der Waals surface area contributed by atoms with Crippen LogP contribution in [0, 0.1) is 0 Å². The molecule has 0 aromatic heterocycles. The molecule has 0 radical (unpaired) electrons. The first-order valence-corrected chi connectivity index (χ1v) is 8.24. The Morgan fingerprint density at radius 2 is 2.09 bits per heavy atom. The zero-order valence-corrected chi connectivity index (χ0v) is 14.6. The maximum atomic E-state index is 10.7. The topological polar surface area (TPSA) is 60.0 Å². The maximum absolute atomic E-state index is 10.7. The van der Waals surface area contributed by atoms with Crippen LogP contribution in [0.25, 0.3) is 0 Å². The molecule has 2 N–H and O–H groups in total. The lowest BCUT2D eigenvalue weighted by Crippen LogP contribution is -2.51. The van der Waals surface area contributed by atoms with E-state index in [0.29, 0.717) is 39.1 Å². The van der Waals surface area contributed by atoms with Crippen LogP contribution in [0.5, 0.6) is 11.5 Å². The van der Waals surface area contributed by atoms with Gasteiger partial charge in [-0.15, -0.1) is 0 Å². The number of hydrogen-bond donors (Lipinski definition) is 2. The molecule has 0 amide bonds. The van der Waals surface area contributed by atoms with Crippen molar-refractivity contribution in [1.82, 2.24) is 5.32 Å². The average Bonchev–Trinajstić information content (AvgIpc) is 2.46. The standard InChI is InChI=1S/C18H29NO4/c1-5-22-16-10-14(6-7-15(16)21-4)11-19-13-18(20)8-9-23-17(2,3)12-18/h6-7,10,19-20H,5,8-9,11-13H2,1-4H3. The van der Waals surface area contributed by atoms with Gasteiger partial charge in [0.05, 0.1) is 31.5 Å². The van der Waals surface area contributed by atoms with Crippen molar-refractivity contribution in [3.8, 4) is 11.5 Å². The van der Waals surface area contributed by atoms with Crippen LogP contribution in [0.1, 0.15) is 39.2 Å². The zero-order chi connectivity index (χ0) is 16.9. The molecule has 2 rings (SSSR count). The van der Waals surface area contributed by atoms with Crippen molar-refractivity contribution in [2.45, 2.75) is 51.4 Å². The third-order valence-corrected chi connectivity index (χ3v) is 4.13. The molecule has 1 heterocycles. The summed E-state index contributed by atoms with van der Waals surface area (Å²) in [5.74, 6) is 1.49. The third-order valence-electron chi connectivity index (χ3n) is 4.13. The van der Waals surface area contributed by atoms with Gasteiger partial charge < -0.3 is 24.6 Å². The van der Waals surface area contributed by atoms with Gasteiger partial charge in [-0.05, 0) is 38.5 Å². The molecule has 1 aliphatic rings. The van der Waals surface area contributed by atoms with E-state index < -0.39 is 5.60 Å². The summed E-state index contributed by atoms with van der Waals surface area (Å²) < 4.78 is 16.6. The van der Waals surface area contributed by atoms with Crippen molar-refractivity contribution in [2.24, 2.45) is 0 Å². The largest absolute Gasteiger partial charge is 0.493 e. The zero-order valence-electron chi connectivity index (χ0n) is 14.6. The van der Waals surface area contributed by atoms with Crippen LogP contribution in [0.3, 0.4) is 0 Å². The summed E-state index contributed by atoms with van der Waals surface area (Å²) in [6.07, 6.45) is 1.30. The minimum Gasteiger partial charge on any atom is -0.493 e. The van der Waals surface area contributed by atoms with Gasteiger partial charge in [0.1, 0.15) is 0 Å². The van der Waals surface area contributed by atoms with Crippen LogP contribution in [-0.4, -0.2) is 43.2 Å². The second-order valence-corrected chi connectivity index (χ2v) is 6.78. The number of aliphatic hydroxyl groups is 1. The fourth-order valence-electron chi connectivity index (χ4n) is 3.14. The van der Waals surface area contributed by atoms with E-state index >= 15 is 0 Å². The Hall–Kier alpha value is -1.30. The SMILES string of the molecule is CCOc1cc(CNCC2(O)CCOC(C)(C)C2)ccc1OC. The van der Waals surface area contributed by atoms with Crippen LogP contribution in [0.4, 0.5) is 0 Å². The molecule has 1 aromatic carbocycles. The van der Waals surface area contributed by atoms with Crippen LogP contribution in [-0.2, 0) is 11.3 Å². The van der Waals surface area contributed by atoms with Crippen LogP contribution in [0.2, 0.25) is 0 Å². The van der Waals surface area contributed by atoms with E-state index in [0.717, 1.165) is 17.1 Å². The normalized spacial score (nSPS) is 23.5. The lowest BCUT2D eigenvalue weighted by molar-refractivity contribution is -0.142. The van der Waals surface area contributed by atoms with Crippen LogP contribution in [0.15, 0.2) is 18.2 Å². The second kappa shape index (κ2) is 7.51. The predicted molar refractivity (Wildman–Crippen MR) is 90.1 cm³/mol. The van der Waals surface area contributed by atoms with Gasteiger partial charge in [-0.1, -0.05) is 6.07 Å². The average molecular weight is 323 g/mol. The molecular weight excluding hydrogens is 294 g/mol. The van der Waals surface area contributed by atoms with Crippen molar-refractivity contribution in [2.75, 3.05) is 26.9 Å². The Kier molecular flexibility index (Phi) is 5.89. The summed E-state index contributed by atoms with van der Waals surface area (Å²) in [5.41, 5.74) is 0.123. The molecule has 0 saturated carbocycles. The van der Waals surface area contributed by atoms with Crippen molar-refractivity contribution in [3.63, 3.8) is 0 Å². The van der Waals surface area contributed by atoms with Gasteiger partial charge in [0.15, 0.2) is 11.5 Å². The molecule has 1 fully saturated rings. The highest BCUT2D eigenvalue weighted by Crippen LogP contribution is 2.32. The lowest BCUT2D eigenvalue weighted by Gasteiger charge is -2.41. The quantitative estimate of drug-likeness (QED) is 0.807. The first-order valence-electron chi connectivity index (χ1n) is 8.24. The molecule has 1 aliphatic heterocycles. The van der Waals surface area contributed by atoms with Gasteiger partial charge in [0, 0.05) is 25.9 Å². The maximum Gasteiger partial charge on any atom is 0.161 e. The Morgan fingerprint density at radius 3 is 2.74 bits per heavy atom. The number of hydrogen-bond acceptors (Lipinski definition) is 5.